The monoisotopic (exact) mass is 834 g/mol. The van der Waals surface area contributed by atoms with Crippen LogP contribution in [0.1, 0.15) is 86.5 Å². The zero-order valence-corrected chi connectivity index (χ0v) is 36.0. The van der Waals surface area contributed by atoms with Crippen LogP contribution in [0.25, 0.3) is 33.9 Å². The molecule has 6 aromatic rings. The quantitative estimate of drug-likeness (QED) is 0.0808. The highest BCUT2D eigenvalue weighted by Crippen LogP contribution is 2.51. The predicted octanol–water partition coefficient (Wildman–Crippen LogP) is 10.5. The average Bonchev–Trinajstić information content (AvgIpc) is 3.28. The largest absolute Gasteiger partial charge is 0.497 e. The third kappa shape index (κ3) is 6.71. The first-order valence-electron chi connectivity index (χ1n) is 21.5. The second kappa shape index (κ2) is 16.1. The van der Waals surface area contributed by atoms with Crippen molar-refractivity contribution < 1.29 is 9.47 Å². The number of hydrogen-bond acceptors (Lipinski definition) is 8. The SMILES string of the molecule is COc1ccc(-n2c(SCCSc3nc4c(c(=O)n3-c3ccc(OC)cc3)C3(CCCCC3)Cc3ccccc3-4)nc3c(c2=O)C2(CCCCC2)Cc2ccccc2-3)cc1. The summed E-state index contributed by atoms with van der Waals surface area (Å²) < 4.78 is 14.7. The third-order valence-electron chi connectivity index (χ3n) is 13.6. The second-order valence-corrected chi connectivity index (χ2v) is 19.1. The number of fused-ring (bicyclic) bond motifs is 8. The van der Waals surface area contributed by atoms with E-state index in [2.05, 4.69) is 48.5 Å². The first kappa shape index (κ1) is 39.1. The maximum Gasteiger partial charge on any atom is 0.263 e. The molecule has 0 N–H and O–H groups in total. The fourth-order valence-electron chi connectivity index (χ4n) is 10.8. The standard InChI is InChI=1S/C50H50N4O4S2/c1-57-37-21-17-35(18-22-37)53-45(55)41-43(39-15-7-5-13-33(39)31-49(41)25-9-3-10-26-49)51-47(53)59-29-30-60-48-52-44-40-16-8-6-14-34(40)32-50(27-11-4-12-28-50)42(44)46(56)54(48)36-19-23-38(58-2)24-20-36/h5-8,13-24H,3-4,9-12,25-32H2,1-2H3. The van der Waals surface area contributed by atoms with Crippen molar-refractivity contribution in [3.05, 3.63) is 140 Å². The van der Waals surface area contributed by atoms with Gasteiger partial charge in [0.1, 0.15) is 11.5 Å². The van der Waals surface area contributed by atoms with Gasteiger partial charge in [-0.2, -0.15) is 0 Å². The fraction of sp³-hybridized carbons (Fsp3) is 0.360. The van der Waals surface area contributed by atoms with Gasteiger partial charge >= 0.3 is 0 Å². The van der Waals surface area contributed by atoms with Gasteiger partial charge in [-0.25, -0.2) is 9.97 Å². The van der Waals surface area contributed by atoms with Gasteiger partial charge in [0.25, 0.3) is 11.1 Å². The van der Waals surface area contributed by atoms with Crippen LogP contribution in [-0.2, 0) is 23.7 Å². The average molecular weight is 835 g/mol. The van der Waals surface area contributed by atoms with E-state index in [1.807, 2.05) is 57.7 Å². The molecule has 0 bridgehead atoms. The molecule has 2 aromatic heterocycles. The molecule has 8 nitrogen and oxygen atoms in total. The molecule has 60 heavy (non-hydrogen) atoms. The smallest absolute Gasteiger partial charge is 0.263 e. The Balaban J connectivity index is 1.05. The van der Waals surface area contributed by atoms with Crippen LogP contribution in [0.15, 0.2) is 117 Å². The zero-order chi connectivity index (χ0) is 40.8. The van der Waals surface area contributed by atoms with Crippen LogP contribution in [0, 0.1) is 0 Å². The van der Waals surface area contributed by atoms with Crippen molar-refractivity contribution in [1.82, 2.24) is 19.1 Å². The van der Waals surface area contributed by atoms with E-state index in [1.54, 1.807) is 37.7 Å². The molecule has 4 aromatic carbocycles. The van der Waals surface area contributed by atoms with E-state index in [0.717, 1.165) is 121 Å². The van der Waals surface area contributed by atoms with Crippen LogP contribution in [0.5, 0.6) is 11.5 Å². The van der Waals surface area contributed by atoms with Gasteiger partial charge in [-0.15, -0.1) is 0 Å². The van der Waals surface area contributed by atoms with E-state index in [1.165, 1.54) is 24.0 Å². The van der Waals surface area contributed by atoms with Crippen LogP contribution in [-0.4, -0.2) is 44.8 Å². The normalized spacial score (nSPS) is 17.0. The van der Waals surface area contributed by atoms with E-state index in [0.29, 0.717) is 21.8 Å². The van der Waals surface area contributed by atoms with Crippen LogP contribution in [0.3, 0.4) is 0 Å². The second-order valence-electron chi connectivity index (χ2n) is 17.0. The van der Waals surface area contributed by atoms with E-state index in [4.69, 9.17) is 19.4 Å². The molecule has 10 heteroatoms. The molecular weight excluding hydrogens is 785 g/mol. The van der Waals surface area contributed by atoms with Crippen LogP contribution in [0.2, 0.25) is 0 Å². The maximum atomic E-state index is 15.2. The number of benzene rings is 4. The van der Waals surface area contributed by atoms with Gasteiger partial charge in [-0.3, -0.25) is 18.7 Å². The van der Waals surface area contributed by atoms with Crippen molar-refractivity contribution in [2.24, 2.45) is 0 Å². The molecule has 0 aliphatic heterocycles. The van der Waals surface area contributed by atoms with E-state index < -0.39 is 0 Å². The molecule has 2 spiro atoms. The lowest BCUT2D eigenvalue weighted by Gasteiger charge is -2.42. The van der Waals surface area contributed by atoms with E-state index in [-0.39, 0.29) is 21.9 Å². The van der Waals surface area contributed by atoms with Crippen molar-refractivity contribution in [3.63, 3.8) is 0 Å². The Morgan fingerprint density at radius 3 is 1.30 bits per heavy atom. The van der Waals surface area contributed by atoms with Gasteiger partial charge < -0.3 is 9.47 Å². The Labute approximate surface area is 359 Å². The summed E-state index contributed by atoms with van der Waals surface area (Å²) in [5.41, 5.74) is 9.25. The molecule has 10 rings (SSSR count). The summed E-state index contributed by atoms with van der Waals surface area (Å²) >= 11 is 3.16. The number of thioether (sulfide) groups is 2. The summed E-state index contributed by atoms with van der Waals surface area (Å²) in [4.78, 5) is 41.3. The molecule has 0 unspecified atom stereocenters. The van der Waals surface area contributed by atoms with E-state index in [9.17, 15) is 0 Å². The molecule has 0 saturated heterocycles. The molecular formula is C50H50N4O4S2. The Morgan fingerprint density at radius 1 is 0.533 bits per heavy atom. The van der Waals surface area contributed by atoms with Gasteiger partial charge in [-0.1, -0.05) is 111 Å². The number of methoxy groups -OCH3 is 2. The Bertz CT molecular complexity index is 2510. The highest BCUT2D eigenvalue weighted by molar-refractivity contribution is 8.02. The number of hydrogen-bond donors (Lipinski definition) is 0. The topological polar surface area (TPSA) is 88.2 Å². The highest BCUT2D eigenvalue weighted by Gasteiger charge is 2.45. The Kier molecular flexibility index (Phi) is 10.5. The minimum Gasteiger partial charge on any atom is -0.497 e. The van der Waals surface area contributed by atoms with Gasteiger partial charge in [-0.05, 0) is 98.2 Å². The van der Waals surface area contributed by atoms with Crippen LogP contribution in [0.4, 0.5) is 0 Å². The van der Waals surface area contributed by atoms with Crippen molar-refractivity contribution in [2.75, 3.05) is 25.7 Å². The molecule has 0 atom stereocenters. The minimum atomic E-state index is -0.225. The summed E-state index contributed by atoms with van der Waals surface area (Å²) in [6, 6.07) is 32.5. The molecule has 306 valence electrons. The van der Waals surface area contributed by atoms with E-state index >= 15 is 9.59 Å². The predicted molar refractivity (Wildman–Crippen MR) is 242 cm³/mol. The molecule has 0 radical (unpaired) electrons. The van der Waals surface area contributed by atoms with Crippen molar-refractivity contribution >= 4 is 23.5 Å². The van der Waals surface area contributed by atoms with Crippen molar-refractivity contribution in [2.45, 2.75) is 98.2 Å². The summed E-state index contributed by atoms with van der Waals surface area (Å²) in [5, 5.41) is 1.32. The van der Waals surface area contributed by atoms with Gasteiger partial charge in [0.15, 0.2) is 10.3 Å². The molecule has 2 fully saturated rings. The third-order valence-corrected chi connectivity index (χ3v) is 15.7. The van der Waals surface area contributed by atoms with Gasteiger partial charge in [0.2, 0.25) is 0 Å². The van der Waals surface area contributed by atoms with Crippen LogP contribution >= 0.6 is 23.5 Å². The lowest BCUT2D eigenvalue weighted by atomic mass is 9.62. The lowest BCUT2D eigenvalue weighted by Crippen LogP contribution is -2.43. The number of ether oxygens (including phenoxy) is 2. The minimum absolute atomic E-state index is 0.0247. The maximum absolute atomic E-state index is 15.2. The summed E-state index contributed by atoms with van der Waals surface area (Å²) in [6.45, 7) is 0. The first-order chi connectivity index (χ1) is 29.4. The Hall–Kier alpha value is -5.06. The van der Waals surface area contributed by atoms with Gasteiger partial charge in [0, 0.05) is 33.5 Å². The molecule has 2 saturated carbocycles. The van der Waals surface area contributed by atoms with Crippen molar-refractivity contribution in [1.29, 1.82) is 0 Å². The first-order valence-corrected chi connectivity index (χ1v) is 23.5. The summed E-state index contributed by atoms with van der Waals surface area (Å²) in [7, 11) is 3.31. The number of aromatic nitrogens is 4. The Morgan fingerprint density at radius 2 is 0.917 bits per heavy atom. The van der Waals surface area contributed by atoms with Crippen LogP contribution < -0.4 is 20.6 Å². The summed E-state index contributed by atoms with van der Waals surface area (Å²) in [6.07, 6.45) is 12.6. The van der Waals surface area contributed by atoms with Gasteiger partial charge in [0.05, 0.1) is 48.1 Å². The molecule has 0 amide bonds. The highest BCUT2D eigenvalue weighted by atomic mass is 32.2. The zero-order valence-electron chi connectivity index (χ0n) is 34.4. The summed E-state index contributed by atoms with van der Waals surface area (Å²) in [5.74, 6) is 2.74. The number of rotatable bonds is 9. The lowest BCUT2D eigenvalue weighted by molar-refractivity contribution is 0.283. The molecule has 4 aliphatic carbocycles. The number of nitrogens with zero attached hydrogens (tertiary/aromatic N) is 4. The van der Waals surface area contributed by atoms with Crippen molar-refractivity contribution in [3.8, 4) is 45.4 Å². The fourth-order valence-corrected chi connectivity index (χ4v) is 12.7. The molecule has 2 heterocycles. The molecule has 4 aliphatic rings.